The molecule has 0 aliphatic rings. The van der Waals surface area contributed by atoms with Crippen LogP contribution in [0.2, 0.25) is 0 Å². The summed E-state index contributed by atoms with van der Waals surface area (Å²) in [6.07, 6.45) is 1.46. The van der Waals surface area contributed by atoms with Crippen molar-refractivity contribution in [1.82, 2.24) is 0 Å². The van der Waals surface area contributed by atoms with E-state index in [-0.39, 0.29) is 12.4 Å². The van der Waals surface area contributed by atoms with Gasteiger partial charge in [0.25, 0.3) is 0 Å². The van der Waals surface area contributed by atoms with E-state index in [0.29, 0.717) is 18.8 Å². The zero-order chi connectivity index (χ0) is 19.5. The van der Waals surface area contributed by atoms with Crippen molar-refractivity contribution in [3.05, 3.63) is 65.7 Å². The molecule has 0 bridgehead atoms. The Morgan fingerprint density at radius 3 is 2.37 bits per heavy atom. The van der Waals surface area contributed by atoms with Crippen molar-refractivity contribution < 1.29 is 19.1 Å². The Balaban J connectivity index is 2.13. The van der Waals surface area contributed by atoms with Crippen molar-refractivity contribution in [3.8, 4) is 5.75 Å². The number of carbonyl (C=O) groups is 2. The highest BCUT2D eigenvalue weighted by Gasteiger charge is 2.39. The van der Waals surface area contributed by atoms with Gasteiger partial charge in [-0.2, -0.15) is 11.8 Å². The van der Waals surface area contributed by atoms with Gasteiger partial charge in [-0.1, -0.05) is 42.5 Å². The Labute approximate surface area is 165 Å². The maximum absolute atomic E-state index is 12.8. The van der Waals surface area contributed by atoms with Crippen LogP contribution >= 0.6 is 11.8 Å². The predicted molar refractivity (Wildman–Crippen MR) is 109 cm³/mol. The Hall–Kier alpha value is -2.27. The maximum Gasteiger partial charge on any atom is 0.313 e. The number of benzene rings is 2. The predicted octanol–water partition coefficient (Wildman–Crippen LogP) is 4.31. The lowest BCUT2D eigenvalue weighted by Gasteiger charge is -2.29. The average molecular weight is 387 g/mol. The molecule has 0 amide bonds. The summed E-state index contributed by atoms with van der Waals surface area (Å²) < 4.78 is 10.5. The lowest BCUT2D eigenvalue weighted by molar-refractivity contribution is -0.155. The molecule has 1 atom stereocenters. The summed E-state index contributed by atoms with van der Waals surface area (Å²) >= 11 is 1.64. The molecule has 0 aromatic heterocycles. The number of esters is 1. The van der Waals surface area contributed by atoms with E-state index in [2.05, 4.69) is 0 Å². The van der Waals surface area contributed by atoms with Crippen LogP contribution in [0.25, 0.3) is 0 Å². The Morgan fingerprint density at radius 1 is 1.07 bits per heavy atom. The molecule has 27 heavy (non-hydrogen) atoms. The van der Waals surface area contributed by atoms with Gasteiger partial charge < -0.3 is 14.3 Å². The number of rotatable bonds is 11. The SMILES string of the molecule is CCOC(=O)C(CC=O)(CSCc1ccc(OC)cc1)Cc1ccccc1. The molecule has 4 nitrogen and oxygen atoms in total. The van der Waals surface area contributed by atoms with Crippen LogP contribution in [0.5, 0.6) is 5.75 Å². The third-order valence-corrected chi connectivity index (χ3v) is 5.67. The van der Waals surface area contributed by atoms with Crippen LogP contribution in [-0.2, 0) is 26.5 Å². The zero-order valence-corrected chi connectivity index (χ0v) is 16.7. The molecule has 2 aromatic carbocycles. The number of hydrogen-bond acceptors (Lipinski definition) is 5. The van der Waals surface area contributed by atoms with Crippen LogP contribution in [0.3, 0.4) is 0 Å². The Morgan fingerprint density at radius 2 is 1.78 bits per heavy atom. The summed E-state index contributed by atoms with van der Waals surface area (Å²) in [5.41, 5.74) is 1.32. The molecule has 0 N–H and O–H groups in total. The number of hydrogen-bond donors (Lipinski definition) is 0. The van der Waals surface area contributed by atoms with E-state index in [1.807, 2.05) is 54.6 Å². The molecule has 2 aromatic rings. The van der Waals surface area contributed by atoms with Gasteiger partial charge in [-0.15, -0.1) is 0 Å². The minimum atomic E-state index is -0.851. The van der Waals surface area contributed by atoms with Crippen molar-refractivity contribution in [3.63, 3.8) is 0 Å². The first-order valence-electron chi connectivity index (χ1n) is 8.99. The fourth-order valence-electron chi connectivity index (χ4n) is 2.91. The van der Waals surface area contributed by atoms with E-state index in [4.69, 9.17) is 9.47 Å². The molecule has 0 saturated heterocycles. The van der Waals surface area contributed by atoms with E-state index in [1.54, 1.807) is 25.8 Å². The lowest BCUT2D eigenvalue weighted by Crippen LogP contribution is -2.38. The van der Waals surface area contributed by atoms with E-state index >= 15 is 0 Å². The molecule has 0 aliphatic carbocycles. The number of thioether (sulfide) groups is 1. The van der Waals surface area contributed by atoms with Gasteiger partial charge in [0.2, 0.25) is 0 Å². The number of carbonyl (C=O) groups excluding carboxylic acids is 2. The van der Waals surface area contributed by atoms with Crippen molar-refractivity contribution in [1.29, 1.82) is 0 Å². The topological polar surface area (TPSA) is 52.6 Å². The fourth-order valence-corrected chi connectivity index (χ4v) is 4.17. The normalized spacial score (nSPS) is 12.8. The molecule has 1 unspecified atom stereocenters. The fraction of sp³-hybridized carbons (Fsp3) is 0.364. The van der Waals surface area contributed by atoms with E-state index < -0.39 is 5.41 Å². The van der Waals surface area contributed by atoms with E-state index in [0.717, 1.165) is 28.9 Å². The third-order valence-electron chi connectivity index (χ3n) is 4.37. The van der Waals surface area contributed by atoms with Crippen LogP contribution in [0.15, 0.2) is 54.6 Å². The highest BCUT2D eigenvalue weighted by molar-refractivity contribution is 7.98. The summed E-state index contributed by atoms with van der Waals surface area (Å²) in [7, 11) is 1.64. The molecular formula is C22H26O4S. The second kappa shape index (κ2) is 10.8. The van der Waals surface area contributed by atoms with Gasteiger partial charge in [-0.3, -0.25) is 4.79 Å². The summed E-state index contributed by atoms with van der Waals surface area (Å²) in [6, 6.07) is 17.6. The first-order chi connectivity index (χ1) is 13.1. The minimum absolute atomic E-state index is 0.149. The molecule has 144 valence electrons. The second-order valence-electron chi connectivity index (χ2n) is 6.37. The highest BCUT2D eigenvalue weighted by Crippen LogP contribution is 2.34. The lowest BCUT2D eigenvalue weighted by atomic mass is 9.80. The van der Waals surface area contributed by atoms with Crippen molar-refractivity contribution in [2.75, 3.05) is 19.5 Å². The van der Waals surface area contributed by atoms with Crippen molar-refractivity contribution in [2.45, 2.75) is 25.5 Å². The molecule has 0 heterocycles. The van der Waals surface area contributed by atoms with Crippen LogP contribution < -0.4 is 4.74 Å². The molecule has 0 spiro atoms. The first-order valence-corrected chi connectivity index (χ1v) is 10.1. The smallest absolute Gasteiger partial charge is 0.313 e. The van der Waals surface area contributed by atoms with Gasteiger partial charge in [0.1, 0.15) is 12.0 Å². The Bertz CT molecular complexity index is 715. The molecule has 0 saturated carbocycles. The van der Waals surface area contributed by atoms with Crippen LogP contribution in [0.1, 0.15) is 24.5 Å². The highest BCUT2D eigenvalue weighted by atomic mass is 32.2. The maximum atomic E-state index is 12.8. The van der Waals surface area contributed by atoms with Gasteiger partial charge in [-0.25, -0.2) is 0 Å². The summed E-state index contributed by atoms with van der Waals surface area (Å²) in [5, 5.41) is 0. The van der Waals surface area contributed by atoms with Crippen molar-refractivity contribution >= 4 is 24.0 Å². The summed E-state index contributed by atoms with van der Waals surface area (Å²) in [4.78, 5) is 24.2. The second-order valence-corrected chi connectivity index (χ2v) is 7.36. The van der Waals surface area contributed by atoms with Crippen LogP contribution in [-0.4, -0.2) is 31.7 Å². The molecule has 0 radical (unpaired) electrons. The molecular weight excluding hydrogens is 360 g/mol. The van der Waals surface area contributed by atoms with Gasteiger partial charge in [0, 0.05) is 17.9 Å². The van der Waals surface area contributed by atoms with Gasteiger partial charge in [0.05, 0.1) is 19.1 Å². The average Bonchev–Trinajstić information content (AvgIpc) is 2.69. The standard InChI is InChI=1S/C22H26O4S/c1-3-26-21(24)22(13-14-23,15-18-7-5-4-6-8-18)17-27-16-19-9-11-20(25-2)12-10-19/h4-12,14H,3,13,15-17H2,1-2H3. The van der Waals surface area contributed by atoms with E-state index in [9.17, 15) is 9.59 Å². The largest absolute Gasteiger partial charge is 0.497 e. The summed E-state index contributed by atoms with van der Waals surface area (Å²) in [5.74, 6) is 1.78. The molecule has 0 aliphatic heterocycles. The monoisotopic (exact) mass is 386 g/mol. The number of ether oxygens (including phenoxy) is 2. The van der Waals surface area contributed by atoms with E-state index in [1.165, 1.54) is 0 Å². The molecule has 5 heteroatoms. The van der Waals surface area contributed by atoms with Gasteiger partial charge in [0.15, 0.2) is 0 Å². The minimum Gasteiger partial charge on any atom is -0.497 e. The molecule has 2 rings (SSSR count). The third kappa shape index (κ3) is 6.14. The van der Waals surface area contributed by atoms with Crippen LogP contribution in [0, 0.1) is 5.41 Å². The zero-order valence-electron chi connectivity index (χ0n) is 15.9. The van der Waals surface area contributed by atoms with Crippen molar-refractivity contribution in [2.24, 2.45) is 5.41 Å². The van der Waals surface area contributed by atoms with Gasteiger partial charge >= 0.3 is 5.97 Å². The first kappa shape index (κ1) is 21.0. The number of methoxy groups -OCH3 is 1. The van der Waals surface area contributed by atoms with Gasteiger partial charge in [-0.05, 0) is 36.6 Å². The van der Waals surface area contributed by atoms with Crippen LogP contribution in [0.4, 0.5) is 0 Å². The quantitative estimate of drug-likeness (QED) is 0.425. The number of aldehydes is 1. The summed E-state index contributed by atoms with van der Waals surface area (Å²) in [6.45, 7) is 2.09. The molecule has 0 fully saturated rings. The Kier molecular flexibility index (Phi) is 8.40.